The molecule has 134 valence electrons. The lowest BCUT2D eigenvalue weighted by molar-refractivity contribution is 0.355. The average molecular weight is 357 g/mol. The minimum Gasteiger partial charge on any atom is -0.493 e. The first-order valence-electron chi connectivity index (χ1n) is 8.11. The summed E-state index contributed by atoms with van der Waals surface area (Å²) in [5.41, 5.74) is 4.39. The molecule has 0 aliphatic heterocycles. The van der Waals surface area contributed by atoms with E-state index in [1.54, 1.807) is 14.2 Å². The first-order valence-corrected chi connectivity index (χ1v) is 8.11. The van der Waals surface area contributed by atoms with Crippen LogP contribution >= 0.6 is 0 Å². The standard InChI is InChI=1S/C19H17F2N3O2/c1-25-16-6-11-5-14-18(13(11)8-17(16)26-2)23-24-19(14)22-9-10-3-4-12(20)7-15(10)21/h3-4,6-8H,5,9H2,1-2H3,(H2,22,23,24). The molecule has 1 heterocycles. The number of ether oxygens (including phenoxy) is 2. The third kappa shape index (κ3) is 2.65. The van der Waals surface area contributed by atoms with E-state index in [0.29, 0.717) is 29.3 Å². The third-order valence-corrected chi connectivity index (χ3v) is 4.57. The maximum Gasteiger partial charge on any atom is 0.161 e. The van der Waals surface area contributed by atoms with Crippen molar-refractivity contribution in [2.24, 2.45) is 0 Å². The Hall–Kier alpha value is -3.09. The Bertz CT molecular complexity index is 985. The van der Waals surface area contributed by atoms with E-state index in [-0.39, 0.29) is 6.54 Å². The van der Waals surface area contributed by atoms with Gasteiger partial charge in [0.25, 0.3) is 0 Å². The Kier molecular flexibility index (Phi) is 3.99. The Morgan fingerprint density at radius 3 is 2.62 bits per heavy atom. The van der Waals surface area contributed by atoms with E-state index in [1.165, 1.54) is 12.1 Å². The zero-order valence-corrected chi connectivity index (χ0v) is 14.3. The first kappa shape index (κ1) is 16.4. The third-order valence-electron chi connectivity index (χ3n) is 4.57. The number of H-pyrrole nitrogens is 1. The van der Waals surface area contributed by atoms with Crippen LogP contribution in [0.3, 0.4) is 0 Å². The number of aromatic nitrogens is 2. The molecule has 1 aromatic heterocycles. The van der Waals surface area contributed by atoms with Crippen molar-refractivity contribution in [1.82, 2.24) is 10.2 Å². The van der Waals surface area contributed by atoms with Gasteiger partial charge in [0.05, 0.1) is 19.9 Å². The number of rotatable bonds is 5. The summed E-state index contributed by atoms with van der Waals surface area (Å²) in [5.74, 6) is 0.800. The summed E-state index contributed by atoms with van der Waals surface area (Å²) in [6.45, 7) is 0.215. The average Bonchev–Trinajstić information content (AvgIpc) is 3.18. The molecule has 0 unspecified atom stereocenters. The van der Waals surface area contributed by atoms with Crippen molar-refractivity contribution in [1.29, 1.82) is 0 Å². The molecule has 0 spiro atoms. The molecule has 1 aliphatic rings. The minimum atomic E-state index is -0.592. The Morgan fingerprint density at radius 2 is 1.88 bits per heavy atom. The van der Waals surface area contributed by atoms with Gasteiger partial charge in [-0.25, -0.2) is 8.78 Å². The van der Waals surface area contributed by atoms with Crippen LogP contribution in [0, 0.1) is 11.6 Å². The molecule has 0 fully saturated rings. The van der Waals surface area contributed by atoms with Crippen LogP contribution in [-0.4, -0.2) is 24.4 Å². The van der Waals surface area contributed by atoms with Crippen LogP contribution in [0.5, 0.6) is 11.5 Å². The van der Waals surface area contributed by atoms with Gasteiger partial charge in [0, 0.05) is 35.7 Å². The fraction of sp³-hybridized carbons (Fsp3) is 0.211. The van der Waals surface area contributed by atoms with Crippen molar-refractivity contribution in [2.75, 3.05) is 19.5 Å². The summed E-state index contributed by atoms with van der Waals surface area (Å²) < 4.78 is 37.5. The molecule has 4 rings (SSSR count). The van der Waals surface area contributed by atoms with Gasteiger partial charge in [0.15, 0.2) is 17.3 Å². The second-order valence-corrected chi connectivity index (χ2v) is 6.06. The molecule has 0 amide bonds. The van der Waals surface area contributed by atoms with Gasteiger partial charge in [0.2, 0.25) is 0 Å². The molecule has 26 heavy (non-hydrogen) atoms. The Balaban J connectivity index is 1.60. The second-order valence-electron chi connectivity index (χ2n) is 6.06. The number of fused-ring (bicyclic) bond motifs is 3. The van der Waals surface area contributed by atoms with Crippen molar-refractivity contribution in [3.05, 3.63) is 58.7 Å². The number of halogens is 2. The monoisotopic (exact) mass is 357 g/mol. The molecule has 1 aliphatic carbocycles. The van der Waals surface area contributed by atoms with Crippen LogP contribution in [0.15, 0.2) is 30.3 Å². The number of benzene rings is 2. The molecule has 5 nitrogen and oxygen atoms in total. The zero-order chi connectivity index (χ0) is 18.3. The van der Waals surface area contributed by atoms with Crippen molar-refractivity contribution >= 4 is 5.82 Å². The lowest BCUT2D eigenvalue weighted by Gasteiger charge is -2.10. The topological polar surface area (TPSA) is 59.2 Å². The van der Waals surface area contributed by atoms with Gasteiger partial charge in [-0.1, -0.05) is 6.07 Å². The predicted octanol–water partition coefficient (Wildman–Crippen LogP) is 3.89. The van der Waals surface area contributed by atoms with Gasteiger partial charge in [-0.05, 0) is 23.8 Å². The second kappa shape index (κ2) is 6.33. The van der Waals surface area contributed by atoms with Crippen molar-refractivity contribution in [3.63, 3.8) is 0 Å². The Labute approximate surface area is 149 Å². The van der Waals surface area contributed by atoms with Gasteiger partial charge < -0.3 is 14.8 Å². The summed E-state index contributed by atoms with van der Waals surface area (Å²) in [6, 6.07) is 7.41. The van der Waals surface area contributed by atoms with Crippen LogP contribution in [0.4, 0.5) is 14.6 Å². The smallest absolute Gasteiger partial charge is 0.161 e. The fourth-order valence-corrected chi connectivity index (χ4v) is 3.24. The lowest BCUT2D eigenvalue weighted by Crippen LogP contribution is -2.04. The van der Waals surface area contributed by atoms with Gasteiger partial charge >= 0.3 is 0 Å². The van der Waals surface area contributed by atoms with E-state index >= 15 is 0 Å². The summed E-state index contributed by atoms with van der Waals surface area (Å²) in [5, 5.41) is 10.4. The van der Waals surface area contributed by atoms with E-state index in [2.05, 4.69) is 15.5 Å². The van der Waals surface area contributed by atoms with Crippen LogP contribution in [0.1, 0.15) is 16.7 Å². The number of anilines is 1. The van der Waals surface area contributed by atoms with Gasteiger partial charge in [-0.15, -0.1) is 0 Å². The number of nitrogens with one attached hydrogen (secondary N) is 2. The lowest BCUT2D eigenvalue weighted by atomic mass is 10.1. The number of hydrogen-bond donors (Lipinski definition) is 2. The quantitative estimate of drug-likeness (QED) is 0.569. The van der Waals surface area contributed by atoms with Gasteiger partial charge in [-0.3, -0.25) is 5.10 Å². The molecule has 0 atom stereocenters. The van der Waals surface area contributed by atoms with E-state index < -0.39 is 11.6 Å². The number of aromatic amines is 1. The summed E-state index contributed by atoms with van der Waals surface area (Å²) in [7, 11) is 3.20. The molecule has 7 heteroatoms. The number of methoxy groups -OCH3 is 2. The molecule has 3 aromatic rings. The highest BCUT2D eigenvalue weighted by Gasteiger charge is 2.26. The fourth-order valence-electron chi connectivity index (χ4n) is 3.24. The van der Waals surface area contributed by atoms with Crippen LogP contribution in [-0.2, 0) is 13.0 Å². The van der Waals surface area contributed by atoms with E-state index in [0.717, 1.165) is 28.5 Å². The van der Waals surface area contributed by atoms with Gasteiger partial charge in [0.1, 0.15) is 11.6 Å². The highest BCUT2D eigenvalue weighted by molar-refractivity contribution is 5.80. The Morgan fingerprint density at radius 1 is 1.12 bits per heavy atom. The van der Waals surface area contributed by atoms with E-state index in [1.807, 2.05) is 12.1 Å². The maximum atomic E-state index is 13.8. The van der Waals surface area contributed by atoms with E-state index in [4.69, 9.17) is 9.47 Å². The largest absolute Gasteiger partial charge is 0.493 e. The SMILES string of the molecule is COc1cc2c(cc1OC)-c1[nH]nc(NCc3ccc(F)cc3F)c1C2. The van der Waals surface area contributed by atoms with Crippen LogP contribution in [0.2, 0.25) is 0 Å². The van der Waals surface area contributed by atoms with Crippen LogP contribution in [0.25, 0.3) is 11.3 Å². The van der Waals surface area contributed by atoms with E-state index in [9.17, 15) is 8.78 Å². The molecule has 0 saturated heterocycles. The molecule has 2 N–H and O–H groups in total. The summed E-state index contributed by atoms with van der Waals surface area (Å²) in [4.78, 5) is 0. The first-order chi connectivity index (χ1) is 12.6. The molecule has 0 bridgehead atoms. The highest BCUT2D eigenvalue weighted by atomic mass is 19.1. The maximum absolute atomic E-state index is 13.8. The highest BCUT2D eigenvalue weighted by Crippen LogP contribution is 2.43. The molecular weight excluding hydrogens is 340 g/mol. The predicted molar refractivity (Wildman–Crippen MR) is 93.6 cm³/mol. The number of hydrogen-bond acceptors (Lipinski definition) is 4. The summed E-state index contributed by atoms with van der Waals surface area (Å²) in [6.07, 6.45) is 0.676. The number of nitrogens with zero attached hydrogens (tertiary/aromatic N) is 1. The van der Waals surface area contributed by atoms with Gasteiger partial charge in [-0.2, -0.15) is 5.10 Å². The molecule has 0 saturated carbocycles. The molecule has 2 aromatic carbocycles. The summed E-state index contributed by atoms with van der Waals surface area (Å²) >= 11 is 0. The molecule has 0 radical (unpaired) electrons. The van der Waals surface area contributed by atoms with Crippen LogP contribution < -0.4 is 14.8 Å². The minimum absolute atomic E-state index is 0.215. The zero-order valence-electron chi connectivity index (χ0n) is 14.3. The van der Waals surface area contributed by atoms with Crippen molar-refractivity contribution in [3.8, 4) is 22.8 Å². The normalized spacial score (nSPS) is 11.8. The van der Waals surface area contributed by atoms with Crippen molar-refractivity contribution < 1.29 is 18.3 Å². The van der Waals surface area contributed by atoms with Crippen molar-refractivity contribution in [2.45, 2.75) is 13.0 Å². The molecular formula is C19H17F2N3O2.